The van der Waals surface area contributed by atoms with Gasteiger partial charge in [0.05, 0.1) is 11.7 Å². The van der Waals surface area contributed by atoms with E-state index in [2.05, 4.69) is 41.6 Å². The molecule has 0 unspecified atom stereocenters. The van der Waals surface area contributed by atoms with Crippen molar-refractivity contribution in [1.82, 2.24) is 19.7 Å². The number of hydrazone groups is 1. The van der Waals surface area contributed by atoms with Crippen LogP contribution >= 0.6 is 27.5 Å². The first-order chi connectivity index (χ1) is 16.1. The van der Waals surface area contributed by atoms with Gasteiger partial charge in [0, 0.05) is 27.5 Å². The third kappa shape index (κ3) is 4.53. The molecule has 33 heavy (non-hydrogen) atoms. The van der Waals surface area contributed by atoms with Gasteiger partial charge < -0.3 is 9.30 Å². The second kappa shape index (κ2) is 9.17. The Morgan fingerprint density at radius 3 is 2.73 bits per heavy atom. The van der Waals surface area contributed by atoms with Crippen LogP contribution in [0.1, 0.15) is 11.1 Å². The summed E-state index contributed by atoms with van der Waals surface area (Å²) in [4.78, 5) is 4.57. The Morgan fingerprint density at radius 2 is 1.91 bits per heavy atom. The normalized spacial score (nSPS) is 11.5. The Morgan fingerprint density at radius 1 is 1.09 bits per heavy atom. The zero-order valence-electron chi connectivity index (χ0n) is 17.5. The van der Waals surface area contributed by atoms with Crippen LogP contribution in [0.2, 0.25) is 5.02 Å². The lowest BCUT2D eigenvalue weighted by Crippen LogP contribution is -2.01. The van der Waals surface area contributed by atoms with E-state index < -0.39 is 0 Å². The third-order valence-corrected chi connectivity index (χ3v) is 6.03. The quantitative estimate of drug-likeness (QED) is 0.220. The summed E-state index contributed by atoms with van der Waals surface area (Å²) in [6.07, 6.45) is 1.68. The Balaban J connectivity index is 1.26. The molecule has 1 N–H and O–H groups in total. The molecular formula is C24H18BrClN6O. The monoisotopic (exact) mass is 520 g/mol. The number of nitrogens with one attached hydrogen (secondary N) is 1. The number of fused-ring (bicyclic) bond motifs is 3. The maximum atomic E-state index is 6.17. The number of hydrogen-bond acceptors (Lipinski definition) is 6. The summed E-state index contributed by atoms with van der Waals surface area (Å²) in [6, 6.07) is 21.3. The molecule has 0 fully saturated rings. The van der Waals surface area contributed by atoms with Gasteiger partial charge in [0.25, 0.3) is 5.95 Å². The number of halogens is 2. The molecule has 164 valence electrons. The second-order valence-electron chi connectivity index (χ2n) is 7.35. The molecule has 3 aromatic carbocycles. The summed E-state index contributed by atoms with van der Waals surface area (Å²) in [5.41, 5.74) is 7.21. The maximum Gasteiger partial charge on any atom is 0.265 e. The summed E-state index contributed by atoms with van der Waals surface area (Å²) < 4.78 is 8.78. The highest BCUT2D eigenvalue weighted by Crippen LogP contribution is 2.28. The van der Waals surface area contributed by atoms with Crippen molar-refractivity contribution in [2.75, 3.05) is 5.43 Å². The molecule has 0 amide bonds. The lowest BCUT2D eigenvalue weighted by molar-refractivity contribution is 0.306. The minimum atomic E-state index is 0.323. The molecule has 2 aromatic heterocycles. The molecule has 2 heterocycles. The summed E-state index contributed by atoms with van der Waals surface area (Å²) in [6.45, 7) is 0.409. The van der Waals surface area contributed by atoms with Crippen LogP contribution in [0.25, 0.3) is 22.1 Å². The van der Waals surface area contributed by atoms with Crippen molar-refractivity contribution in [3.8, 4) is 5.75 Å². The SMILES string of the molecule is Cn1c2ccc(Br)cc2c2nnc(N/N=C/c3ccc(OCc4ccccc4Cl)cc3)nc21. The van der Waals surface area contributed by atoms with Gasteiger partial charge in [0.1, 0.15) is 17.9 Å². The first-order valence-electron chi connectivity index (χ1n) is 10.1. The Bertz CT molecular complexity index is 1480. The molecular weight excluding hydrogens is 504 g/mol. The molecule has 0 aliphatic rings. The molecule has 9 heteroatoms. The predicted molar refractivity (Wildman–Crippen MR) is 135 cm³/mol. The van der Waals surface area contributed by atoms with E-state index >= 15 is 0 Å². The van der Waals surface area contributed by atoms with Crippen LogP contribution in [0.3, 0.4) is 0 Å². The molecule has 0 bridgehead atoms. The highest BCUT2D eigenvalue weighted by molar-refractivity contribution is 9.10. The zero-order chi connectivity index (χ0) is 22.8. The fourth-order valence-corrected chi connectivity index (χ4v) is 4.02. The summed E-state index contributed by atoms with van der Waals surface area (Å²) >= 11 is 9.67. The number of benzene rings is 3. The van der Waals surface area contributed by atoms with E-state index in [-0.39, 0.29) is 0 Å². The third-order valence-electron chi connectivity index (χ3n) is 5.17. The Kier molecular flexibility index (Phi) is 5.93. The second-order valence-corrected chi connectivity index (χ2v) is 8.67. The average Bonchev–Trinajstić information content (AvgIpc) is 3.10. The molecule has 0 aliphatic carbocycles. The van der Waals surface area contributed by atoms with E-state index in [1.54, 1.807) is 6.21 Å². The summed E-state index contributed by atoms with van der Waals surface area (Å²) in [5.74, 6) is 1.07. The first kappa shape index (κ1) is 21.4. The predicted octanol–water partition coefficient (Wildman–Crippen LogP) is 5.96. The van der Waals surface area contributed by atoms with E-state index in [0.717, 1.165) is 43.4 Å². The molecule has 0 saturated heterocycles. The van der Waals surface area contributed by atoms with E-state index in [0.29, 0.717) is 17.6 Å². The minimum absolute atomic E-state index is 0.323. The molecule has 0 saturated carbocycles. The zero-order valence-corrected chi connectivity index (χ0v) is 19.9. The molecule has 0 aliphatic heterocycles. The van der Waals surface area contributed by atoms with Crippen LogP contribution in [0.15, 0.2) is 76.3 Å². The minimum Gasteiger partial charge on any atom is -0.489 e. The van der Waals surface area contributed by atoms with Gasteiger partial charge in [0.2, 0.25) is 0 Å². The number of ether oxygens (including phenoxy) is 1. The highest BCUT2D eigenvalue weighted by atomic mass is 79.9. The fourth-order valence-electron chi connectivity index (χ4n) is 3.47. The van der Waals surface area contributed by atoms with Crippen molar-refractivity contribution in [1.29, 1.82) is 0 Å². The van der Waals surface area contributed by atoms with Gasteiger partial charge in [-0.1, -0.05) is 45.7 Å². The van der Waals surface area contributed by atoms with Crippen LogP contribution in [-0.2, 0) is 13.7 Å². The van der Waals surface area contributed by atoms with Crippen molar-refractivity contribution in [3.05, 3.63) is 87.4 Å². The molecule has 0 spiro atoms. The molecule has 5 rings (SSSR count). The Hall–Kier alpha value is -3.49. The topological polar surface area (TPSA) is 77.2 Å². The van der Waals surface area contributed by atoms with Crippen LogP contribution in [-0.4, -0.2) is 26.0 Å². The van der Waals surface area contributed by atoms with Crippen molar-refractivity contribution in [2.45, 2.75) is 6.61 Å². The summed E-state index contributed by atoms with van der Waals surface area (Å²) in [5, 5.41) is 14.4. The highest BCUT2D eigenvalue weighted by Gasteiger charge is 2.12. The van der Waals surface area contributed by atoms with Crippen LogP contribution in [0.4, 0.5) is 5.95 Å². The maximum absolute atomic E-state index is 6.17. The molecule has 7 nitrogen and oxygen atoms in total. The first-order valence-corrected chi connectivity index (χ1v) is 11.3. The largest absolute Gasteiger partial charge is 0.489 e. The van der Waals surface area contributed by atoms with Crippen molar-refractivity contribution >= 4 is 61.8 Å². The number of anilines is 1. The van der Waals surface area contributed by atoms with Crippen LogP contribution in [0, 0.1) is 0 Å². The fraction of sp³-hybridized carbons (Fsp3) is 0.0833. The van der Waals surface area contributed by atoms with Gasteiger partial charge in [-0.15, -0.1) is 10.2 Å². The van der Waals surface area contributed by atoms with Gasteiger partial charge >= 0.3 is 0 Å². The van der Waals surface area contributed by atoms with Crippen LogP contribution in [0.5, 0.6) is 5.75 Å². The number of hydrogen-bond donors (Lipinski definition) is 1. The van der Waals surface area contributed by atoms with Gasteiger partial charge in [0.15, 0.2) is 5.65 Å². The van der Waals surface area contributed by atoms with Gasteiger partial charge in [-0.2, -0.15) is 10.1 Å². The van der Waals surface area contributed by atoms with Crippen molar-refractivity contribution in [3.63, 3.8) is 0 Å². The van der Waals surface area contributed by atoms with Gasteiger partial charge in [-0.05, 0) is 54.1 Å². The van der Waals surface area contributed by atoms with Crippen molar-refractivity contribution in [2.24, 2.45) is 12.1 Å². The lowest BCUT2D eigenvalue weighted by Gasteiger charge is -2.07. The van der Waals surface area contributed by atoms with Crippen LogP contribution < -0.4 is 10.2 Å². The van der Waals surface area contributed by atoms with Gasteiger partial charge in [-0.25, -0.2) is 5.43 Å². The summed E-state index contributed by atoms with van der Waals surface area (Å²) in [7, 11) is 1.95. The average molecular weight is 522 g/mol. The number of aromatic nitrogens is 4. The number of aryl methyl sites for hydroxylation is 1. The smallest absolute Gasteiger partial charge is 0.265 e. The molecule has 0 radical (unpaired) electrons. The van der Waals surface area contributed by atoms with E-state index in [1.165, 1.54) is 0 Å². The van der Waals surface area contributed by atoms with E-state index in [9.17, 15) is 0 Å². The Labute approximate surface area is 203 Å². The number of nitrogens with zero attached hydrogens (tertiary/aromatic N) is 5. The number of rotatable bonds is 6. The molecule has 0 atom stereocenters. The molecule has 5 aromatic rings. The van der Waals surface area contributed by atoms with Gasteiger partial charge in [-0.3, -0.25) is 0 Å². The van der Waals surface area contributed by atoms with Crippen molar-refractivity contribution < 1.29 is 4.74 Å². The lowest BCUT2D eigenvalue weighted by atomic mass is 10.2. The standard InChI is InChI=1S/C24H18BrClN6O/c1-32-21-11-8-17(25)12-19(21)22-23(32)28-24(31-29-22)30-27-13-15-6-9-18(10-7-15)33-14-16-4-2-3-5-20(16)26/h2-13H,14H2,1H3,(H,28,30,31)/b27-13+. The van der Waals surface area contributed by atoms with E-state index in [1.807, 2.05) is 78.3 Å². The van der Waals surface area contributed by atoms with E-state index in [4.69, 9.17) is 16.3 Å².